The Balaban J connectivity index is 0.00000225. The Morgan fingerprint density at radius 1 is 1.38 bits per heavy atom. The number of halogens is 1. The first-order valence-electron chi connectivity index (χ1n) is 5.76. The molecule has 0 radical (unpaired) electrons. The van der Waals surface area contributed by atoms with Crippen molar-refractivity contribution in [3.63, 3.8) is 0 Å². The number of carbonyl (C=O) groups is 1. The van der Waals surface area contributed by atoms with Gasteiger partial charge in [-0.1, -0.05) is 13.8 Å². The van der Waals surface area contributed by atoms with E-state index in [4.69, 9.17) is 0 Å². The molecule has 0 unspecified atom stereocenters. The van der Waals surface area contributed by atoms with Crippen LogP contribution in [0.2, 0.25) is 0 Å². The highest BCUT2D eigenvalue weighted by Gasteiger charge is 2.15. The maximum absolute atomic E-state index is 11.7. The monoisotopic (exact) mass is 266 g/mol. The van der Waals surface area contributed by atoms with E-state index in [9.17, 15) is 4.79 Å². The summed E-state index contributed by atoms with van der Waals surface area (Å²) < 4.78 is 0. The van der Waals surface area contributed by atoms with Gasteiger partial charge in [-0.3, -0.25) is 4.79 Å². The number of carbonyl (C=O) groups excluding carboxylic acids is 1. The Morgan fingerprint density at radius 2 is 2.00 bits per heavy atom. The molecule has 0 atom stereocenters. The molecule has 0 aliphatic carbocycles. The van der Waals surface area contributed by atoms with Crippen molar-refractivity contribution in [2.75, 3.05) is 37.7 Å². The lowest BCUT2D eigenvalue weighted by molar-refractivity contribution is -0.128. The van der Waals surface area contributed by atoms with Gasteiger partial charge in [-0.15, -0.1) is 12.4 Å². The summed E-state index contributed by atoms with van der Waals surface area (Å²) in [7, 11) is 0. The number of nitrogens with zero attached hydrogens (tertiary/aromatic N) is 1. The van der Waals surface area contributed by atoms with Crippen molar-refractivity contribution >= 4 is 30.1 Å². The highest BCUT2D eigenvalue weighted by molar-refractivity contribution is 7.99. The van der Waals surface area contributed by atoms with Crippen LogP contribution in [-0.2, 0) is 4.79 Å². The Bertz CT molecular complexity index is 196. The summed E-state index contributed by atoms with van der Waals surface area (Å²) in [4.78, 5) is 13.7. The van der Waals surface area contributed by atoms with Crippen molar-refractivity contribution in [1.29, 1.82) is 0 Å². The number of hydrogen-bond acceptors (Lipinski definition) is 3. The fourth-order valence-electron chi connectivity index (χ4n) is 1.48. The number of rotatable bonds is 5. The summed E-state index contributed by atoms with van der Waals surface area (Å²) in [5, 5.41) is 3.25. The van der Waals surface area contributed by atoms with Gasteiger partial charge in [0, 0.05) is 26.2 Å². The lowest BCUT2D eigenvalue weighted by Gasteiger charge is -2.27. The summed E-state index contributed by atoms with van der Waals surface area (Å²) in [5.41, 5.74) is 0. The zero-order valence-electron chi connectivity index (χ0n) is 10.2. The van der Waals surface area contributed by atoms with Gasteiger partial charge in [-0.25, -0.2) is 0 Å². The molecule has 1 heterocycles. The van der Waals surface area contributed by atoms with Gasteiger partial charge >= 0.3 is 0 Å². The van der Waals surface area contributed by atoms with Crippen LogP contribution in [0.5, 0.6) is 0 Å². The van der Waals surface area contributed by atoms with Crippen LogP contribution in [0, 0.1) is 5.92 Å². The van der Waals surface area contributed by atoms with Crippen LogP contribution in [-0.4, -0.2) is 48.5 Å². The molecular formula is C11H23ClN2OS. The van der Waals surface area contributed by atoms with E-state index >= 15 is 0 Å². The Morgan fingerprint density at radius 3 is 2.56 bits per heavy atom. The second-order valence-electron chi connectivity index (χ2n) is 4.37. The van der Waals surface area contributed by atoms with Crippen LogP contribution in [0.15, 0.2) is 0 Å². The van der Waals surface area contributed by atoms with Gasteiger partial charge in [0.15, 0.2) is 0 Å². The van der Waals surface area contributed by atoms with E-state index in [1.54, 1.807) is 11.8 Å². The summed E-state index contributed by atoms with van der Waals surface area (Å²) in [6, 6.07) is 0. The van der Waals surface area contributed by atoms with Crippen LogP contribution in [0.3, 0.4) is 0 Å². The molecule has 16 heavy (non-hydrogen) atoms. The second-order valence-corrected chi connectivity index (χ2v) is 5.47. The van der Waals surface area contributed by atoms with Gasteiger partial charge < -0.3 is 10.2 Å². The zero-order valence-corrected chi connectivity index (χ0v) is 11.8. The predicted molar refractivity (Wildman–Crippen MR) is 73.5 cm³/mol. The quantitative estimate of drug-likeness (QED) is 0.768. The highest BCUT2D eigenvalue weighted by atomic mass is 35.5. The van der Waals surface area contributed by atoms with Gasteiger partial charge in [0.25, 0.3) is 0 Å². The number of nitrogens with one attached hydrogen (secondary N) is 1. The van der Waals surface area contributed by atoms with Gasteiger partial charge in [-0.2, -0.15) is 11.8 Å². The highest BCUT2D eigenvalue weighted by Crippen LogP contribution is 2.09. The van der Waals surface area contributed by atoms with Crippen molar-refractivity contribution in [1.82, 2.24) is 10.2 Å². The third-order valence-corrected chi connectivity index (χ3v) is 3.51. The largest absolute Gasteiger partial charge is 0.339 e. The Kier molecular flexibility index (Phi) is 9.18. The molecule has 0 aromatic carbocycles. The molecule has 5 heteroatoms. The normalized spacial score (nSPS) is 16.1. The summed E-state index contributed by atoms with van der Waals surface area (Å²) >= 11 is 1.77. The van der Waals surface area contributed by atoms with Crippen molar-refractivity contribution in [2.24, 2.45) is 5.92 Å². The molecule has 1 amide bonds. The smallest absolute Gasteiger partial charge is 0.232 e. The minimum atomic E-state index is 0. The van der Waals surface area contributed by atoms with Gasteiger partial charge in [0.2, 0.25) is 5.91 Å². The first kappa shape index (κ1) is 16.1. The lowest BCUT2D eigenvalue weighted by Crippen LogP contribution is -2.47. The summed E-state index contributed by atoms with van der Waals surface area (Å²) in [6.07, 6.45) is 1.21. The molecule has 1 aliphatic heterocycles. The van der Waals surface area contributed by atoms with Crippen LogP contribution >= 0.6 is 24.2 Å². The molecule has 1 N–H and O–H groups in total. The minimum absolute atomic E-state index is 0. The molecule has 0 aromatic rings. The molecule has 1 rings (SSSR count). The molecule has 0 spiro atoms. The lowest BCUT2D eigenvalue weighted by atomic mass is 10.2. The van der Waals surface area contributed by atoms with E-state index in [1.165, 1.54) is 6.42 Å². The maximum Gasteiger partial charge on any atom is 0.232 e. The van der Waals surface area contributed by atoms with Crippen LogP contribution < -0.4 is 5.32 Å². The molecule has 96 valence electrons. The van der Waals surface area contributed by atoms with Crippen molar-refractivity contribution in [3.8, 4) is 0 Å². The molecule has 0 saturated carbocycles. The average molecular weight is 267 g/mol. The number of hydrogen-bond donors (Lipinski definition) is 1. The van der Waals surface area contributed by atoms with Crippen molar-refractivity contribution < 1.29 is 4.79 Å². The average Bonchev–Trinajstić information content (AvgIpc) is 2.25. The van der Waals surface area contributed by atoms with E-state index in [-0.39, 0.29) is 12.4 Å². The van der Waals surface area contributed by atoms with Gasteiger partial charge in [0.1, 0.15) is 0 Å². The van der Waals surface area contributed by atoms with E-state index in [0.29, 0.717) is 11.7 Å². The number of amides is 1. The SMILES string of the molecule is CC(C)CCSCC(=O)N1CCNCC1.Cl. The van der Waals surface area contributed by atoms with E-state index < -0.39 is 0 Å². The fourth-order valence-corrected chi connectivity index (χ4v) is 2.62. The molecule has 0 bridgehead atoms. The summed E-state index contributed by atoms with van der Waals surface area (Å²) in [6.45, 7) is 8.09. The van der Waals surface area contributed by atoms with Crippen molar-refractivity contribution in [2.45, 2.75) is 20.3 Å². The molecule has 1 aliphatic rings. The van der Waals surface area contributed by atoms with Crippen molar-refractivity contribution in [3.05, 3.63) is 0 Å². The van der Waals surface area contributed by atoms with E-state index in [2.05, 4.69) is 19.2 Å². The number of thioether (sulfide) groups is 1. The van der Waals surface area contributed by atoms with E-state index in [1.807, 2.05) is 4.90 Å². The van der Waals surface area contributed by atoms with Crippen LogP contribution in [0.4, 0.5) is 0 Å². The number of piperazine rings is 1. The topological polar surface area (TPSA) is 32.3 Å². The Labute approximate surface area is 109 Å². The van der Waals surface area contributed by atoms with Gasteiger partial charge in [0.05, 0.1) is 5.75 Å². The van der Waals surface area contributed by atoms with Crippen LogP contribution in [0.1, 0.15) is 20.3 Å². The standard InChI is InChI=1S/C11H22N2OS.ClH/c1-10(2)3-8-15-9-11(14)13-6-4-12-5-7-13;/h10,12H,3-9H2,1-2H3;1H. The van der Waals surface area contributed by atoms with Gasteiger partial charge in [-0.05, 0) is 18.1 Å². The Hall–Kier alpha value is 0.0700. The third kappa shape index (κ3) is 6.61. The molecular weight excluding hydrogens is 244 g/mol. The van der Waals surface area contributed by atoms with Crippen LogP contribution in [0.25, 0.3) is 0 Å². The predicted octanol–water partition coefficient (Wildman–Crippen LogP) is 1.62. The first-order chi connectivity index (χ1) is 7.20. The second kappa shape index (κ2) is 9.14. The minimum Gasteiger partial charge on any atom is -0.339 e. The fraction of sp³-hybridized carbons (Fsp3) is 0.909. The van der Waals surface area contributed by atoms with E-state index in [0.717, 1.165) is 37.8 Å². The molecule has 1 saturated heterocycles. The summed E-state index contributed by atoms with van der Waals surface area (Å²) in [5.74, 6) is 2.82. The molecule has 3 nitrogen and oxygen atoms in total. The molecule has 0 aromatic heterocycles. The zero-order chi connectivity index (χ0) is 11.1. The third-order valence-electron chi connectivity index (χ3n) is 2.53. The first-order valence-corrected chi connectivity index (χ1v) is 6.92. The molecule has 1 fully saturated rings. The maximum atomic E-state index is 11.7.